The predicted octanol–water partition coefficient (Wildman–Crippen LogP) is 3.69. The number of carbonyl (C=O) groups is 2. The van der Waals surface area contributed by atoms with E-state index in [-0.39, 0.29) is 35.2 Å². The lowest BCUT2D eigenvalue weighted by Crippen LogP contribution is -2.49. The van der Waals surface area contributed by atoms with E-state index >= 15 is 0 Å². The van der Waals surface area contributed by atoms with Gasteiger partial charge in [-0.05, 0) is 47.6 Å². The molecule has 30 heavy (non-hydrogen) atoms. The van der Waals surface area contributed by atoms with Crippen LogP contribution in [-0.2, 0) is 32.9 Å². The van der Waals surface area contributed by atoms with Crippen molar-refractivity contribution in [1.29, 1.82) is 0 Å². The van der Waals surface area contributed by atoms with Crippen LogP contribution in [0.5, 0.6) is 5.75 Å². The fraction of sp³-hybridized carbons (Fsp3) is 0.440. The van der Waals surface area contributed by atoms with Crippen molar-refractivity contribution in [1.82, 2.24) is 4.90 Å². The van der Waals surface area contributed by atoms with Gasteiger partial charge in [0, 0.05) is 18.9 Å². The van der Waals surface area contributed by atoms with Crippen LogP contribution in [0, 0.1) is 17.8 Å². The molecule has 4 atom stereocenters. The van der Waals surface area contributed by atoms with Gasteiger partial charge in [-0.2, -0.15) is 0 Å². The first-order valence-electron chi connectivity index (χ1n) is 10.7. The van der Waals surface area contributed by atoms with E-state index in [2.05, 4.69) is 31.2 Å². The van der Waals surface area contributed by atoms with Gasteiger partial charge in [-0.1, -0.05) is 43.3 Å². The second-order valence-electron chi connectivity index (χ2n) is 8.85. The summed E-state index contributed by atoms with van der Waals surface area (Å²) < 4.78 is 11.2. The monoisotopic (exact) mass is 405 g/mol. The SMILES string of the molecule is COC(=O)C1C2CC(=O)N3CCc4cc(OCc5ccccc5)ccc4C23C[C@@H]1C. The molecule has 0 aromatic heterocycles. The number of esters is 1. The Hall–Kier alpha value is -2.82. The number of ether oxygens (including phenoxy) is 2. The molecule has 0 radical (unpaired) electrons. The van der Waals surface area contributed by atoms with Crippen molar-refractivity contribution in [3.63, 3.8) is 0 Å². The highest BCUT2D eigenvalue weighted by Crippen LogP contribution is 2.61. The predicted molar refractivity (Wildman–Crippen MR) is 112 cm³/mol. The zero-order valence-corrected chi connectivity index (χ0v) is 17.5. The highest BCUT2D eigenvalue weighted by atomic mass is 16.5. The van der Waals surface area contributed by atoms with E-state index in [0.717, 1.165) is 24.2 Å². The van der Waals surface area contributed by atoms with E-state index in [9.17, 15) is 9.59 Å². The van der Waals surface area contributed by atoms with E-state index in [1.807, 2.05) is 29.2 Å². The van der Waals surface area contributed by atoms with E-state index in [0.29, 0.717) is 19.6 Å². The maximum Gasteiger partial charge on any atom is 0.309 e. The molecule has 1 aliphatic carbocycles. The van der Waals surface area contributed by atoms with Crippen LogP contribution in [0.1, 0.15) is 36.5 Å². The lowest BCUT2D eigenvalue weighted by Gasteiger charge is -2.44. The molecule has 2 aromatic carbocycles. The molecule has 5 rings (SSSR count). The van der Waals surface area contributed by atoms with Gasteiger partial charge >= 0.3 is 5.97 Å². The molecule has 3 aliphatic rings. The summed E-state index contributed by atoms with van der Waals surface area (Å²) >= 11 is 0. The average Bonchev–Trinajstić information content (AvgIpc) is 3.19. The number of carbonyl (C=O) groups excluding carboxylic acids is 2. The topological polar surface area (TPSA) is 55.8 Å². The summed E-state index contributed by atoms with van der Waals surface area (Å²) in [4.78, 5) is 27.5. The van der Waals surface area contributed by atoms with E-state index in [1.54, 1.807) is 0 Å². The molecular formula is C25H27NO4. The van der Waals surface area contributed by atoms with Crippen molar-refractivity contribution in [3.8, 4) is 5.75 Å². The minimum absolute atomic E-state index is 0.0254. The number of nitrogens with zero attached hydrogens (tertiary/aromatic N) is 1. The van der Waals surface area contributed by atoms with Gasteiger partial charge < -0.3 is 14.4 Å². The summed E-state index contributed by atoms with van der Waals surface area (Å²) in [6.45, 7) is 3.34. The lowest BCUT2D eigenvalue weighted by atomic mass is 9.74. The fourth-order valence-electron chi connectivity index (χ4n) is 6.16. The first-order chi connectivity index (χ1) is 14.5. The molecule has 1 saturated heterocycles. The third-order valence-corrected chi connectivity index (χ3v) is 7.34. The van der Waals surface area contributed by atoms with E-state index in [1.165, 1.54) is 18.2 Å². The highest BCUT2D eigenvalue weighted by Gasteiger charge is 2.65. The second-order valence-corrected chi connectivity index (χ2v) is 8.85. The van der Waals surface area contributed by atoms with Crippen LogP contribution in [0.15, 0.2) is 48.5 Å². The smallest absolute Gasteiger partial charge is 0.309 e. The van der Waals surface area contributed by atoms with Gasteiger partial charge in [-0.15, -0.1) is 0 Å². The van der Waals surface area contributed by atoms with Gasteiger partial charge in [-0.25, -0.2) is 0 Å². The van der Waals surface area contributed by atoms with Crippen molar-refractivity contribution >= 4 is 11.9 Å². The van der Waals surface area contributed by atoms with Crippen LogP contribution in [0.2, 0.25) is 0 Å². The van der Waals surface area contributed by atoms with Crippen molar-refractivity contribution in [3.05, 3.63) is 65.2 Å². The molecule has 1 saturated carbocycles. The number of benzene rings is 2. The Morgan fingerprint density at radius 1 is 1.20 bits per heavy atom. The Morgan fingerprint density at radius 2 is 2.00 bits per heavy atom. The van der Waals surface area contributed by atoms with E-state index < -0.39 is 0 Å². The van der Waals surface area contributed by atoms with Crippen LogP contribution in [-0.4, -0.2) is 30.4 Å². The molecular weight excluding hydrogens is 378 g/mol. The molecule has 2 aliphatic heterocycles. The average molecular weight is 405 g/mol. The van der Waals surface area contributed by atoms with Crippen molar-refractivity contribution in [2.45, 2.75) is 38.3 Å². The van der Waals surface area contributed by atoms with Gasteiger partial charge in [-0.3, -0.25) is 9.59 Å². The van der Waals surface area contributed by atoms with Gasteiger partial charge in [0.05, 0.1) is 18.6 Å². The Balaban J connectivity index is 1.48. The van der Waals surface area contributed by atoms with E-state index in [4.69, 9.17) is 9.47 Å². The lowest BCUT2D eigenvalue weighted by molar-refractivity contribution is -0.148. The summed E-state index contributed by atoms with van der Waals surface area (Å²) in [5.74, 6) is 0.744. The third-order valence-electron chi connectivity index (χ3n) is 7.34. The molecule has 0 bridgehead atoms. The summed E-state index contributed by atoms with van der Waals surface area (Å²) in [6.07, 6.45) is 2.05. The van der Waals surface area contributed by atoms with Crippen LogP contribution in [0.25, 0.3) is 0 Å². The molecule has 2 aromatic rings. The zero-order chi connectivity index (χ0) is 20.9. The number of rotatable bonds is 4. The van der Waals surface area contributed by atoms with Crippen molar-refractivity contribution in [2.24, 2.45) is 17.8 Å². The number of hydrogen-bond acceptors (Lipinski definition) is 4. The van der Waals surface area contributed by atoms with Crippen LogP contribution >= 0.6 is 0 Å². The maximum atomic E-state index is 12.9. The number of amides is 1. The normalized spacial score (nSPS) is 29.2. The van der Waals surface area contributed by atoms with Crippen LogP contribution in [0.3, 0.4) is 0 Å². The second kappa shape index (κ2) is 7.15. The minimum atomic E-state index is -0.388. The molecule has 2 heterocycles. The Morgan fingerprint density at radius 3 is 2.77 bits per heavy atom. The molecule has 1 amide bonds. The fourth-order valence-corrected chi connectivity index (χ4v) is 6.16. The third kappa shape index (κ3) is 2.75. The summed E-state index contributed by atoms with van der Waals surface area (Å²) in [6, 6.07) is 16.4. The van der Waals surface area contributed by atoms with Crippen LogP contribution < -0.4 is 4.74 Å². The molecule has 5 nitrogen and oxygen atoms in total. The largest absolute Gasteiger partial charge is 0.489 e. The summed E-state index contributed by atoms with van der Waals surface area (Å²) in [7, 11) is 1.44. The number of methoxy groups -OCH3 is 1. The van der Waals surface area contributed by atoms with Gasteiger partial charge in [0.2, 0.25) is 5.91 Å². The molecule has 5 heteroatoms. The molecule has 1 spiro atoms. The Labute approximate surface area is 177 Å². The van der Waals surface area contributed by atoms with Crippen molar-refractivity contribution in [2.75, 3.05) is 13.7 Å². The van der Waals surface area contributed by atoms with Gasteiger partial charge in [0.25, 0.3) is 0 Å². The molecule has 156 valence electrons. The first-order valence-corrected chi connectivity index (χ1v) is 10.7. The molecule has 2 fully saturated rings. The summed E-state index contributed by atoms with van der Waals surface area (Å²) in [5.41, 5.74) is 3.16. The van der Waals surface area contributed by atoms with Gasteiger partial charge in [0.15, 0.2) is 0 Å². The van der Waals surface area contributed by atoms with Crippen molar-refractivity contribution < 1.29 is 19.1 Å². The van der Waals surface area contributed by atoms with Crippen LogP contribution in [0.4, 0.5) is 0 Å². The Bertz CT molecular complexity index is 988. The highest BCUT2D eigenvalue weighted by molar-refractivity contribution is 5.85. The quantitative estimate of drug-likeness (QED) is 0.728. The number of fused-ring (bicyclic) bond motifs is 1. The zero-order valence-electron chi connectivity index (χ0n) is 17.5. The standard InChI is InChI=1S/C25H27NO4/c1-16-14-25-20-9-8-19(30-15-17-6-4-3-5-7-17)12-18(20)10-11-26(25)22(27)13-21(25)23(16)24(28)29-2/h3-9,12,16,21,23H,10-11,13-15H2,1-2H3/t16-,21?,23?,25?/m0/s1. The first kappa shape index (κ1) is 19.2. The minimum Gasteiger partial charge on any atom is -0.489 e. The Kier molecular flexibility index (Phi) is 4.57. The number of hydrogen-bond donors (Lipinski definition) is 0. The molecule has 3 unspecified atom stereocenters. The van der Waals surface area contributed by atoms with Gasteiger partial charge in [0.1, 0.15) is 12.4 Å². The summed E-state index contributed by atoms with van der Waals surface area (Å²) in [5, 5.41) is 0. The maximum absolute atomic E-state index is 12.9. The molecule has 0 N–H and O–H groups in total.